The summed E-state index contributed by atoms with van der Waals surface area (Å²) < 4.78 is 0. The number of halogens is 1. The summed E-state index contributed by atoms with van der Waals surface area (Å²) in [5.74, 6) is 0. The van der Waals surface area contributed by atoms with E-state index in [0.717, 1.165) is 6.42 Å². The van der Waals surface area contributed by atoms with Crippen molar-refractivity contribution in [1.29, 1.82) is 0 Å². The van der Waals surface area contributed by atoms with Crippen molar-refractivity contribution in [3.8, 4) is 0 Å². The Bertz CT molecular complexity index is 12.8. The van der Waals surface area contributed by atoms with Gasteiger partial charge in [-0.3, -0.25) is 0 Å². The van der Waals surface area contributed by atoms with Crippen molar-refractivity contribution in [3.05, 3.63) is 0 Å². The molecular weight excluding hydrogens is 128 g/mol. The van der Waals surface area contributed by atoms with Crippen molar-refractivity contribution in [2.24, 2.45) is 0 Å². The Balaban J connectivity index is -0.0000000450. The Morgan fingerprint density at radius 2 is 1.67 bits per heavy atom. The minimum atomic E-state index is 0. The molecule has 0 fully saturated rings. The average Bonchev–Trinajstić information content (AvgIpc) is 1.37. The van der Waals surface area contributed by atoms with Gasteiger partial charge in [0.2, 0.25) is 0 Å². The van der Waals surface area contributed by atoms with E-state index in [2.05, 4.69) is 0 Å². The van der Waals surface area contributed by atoms with Crippen LogP contribution in [0.25, 0.3) is 0 Å². The van der Waals surface area contributed by atoms with Crippen LogP contribution < -0.4 is 17.5 Å². The summed E-state index contributed by atoms with van der Waals surface area (Å²) in [6, 6.07) is 0. The van der Waals surface area contributed by atoms with Gasteiger partial charge in [-0.15, -0.1) is 6.61 Å². The molecule has 0 aromatic heterocycles. The molecule has 0 saturated heterocycles. The average molecular weight is 135 g/mol. The van der Waals surface area contributed by atoms with Crippen molar-refractivity contribution < 1.29 is 17.5 Å². The van der Waals surface area contributed by atoms with Crippen LogP contribution >= 0.6 is 0 Å². The van der Waals surface area contributed by atoms with Gasteiger partial charge in [-0.05, 0) is 0 Å². The van der Waals surface area contributed by atoms with Gasteiger partial charge in [0.15, 0.2) is 0 Å². The van der Waals surface area contributed by atoms with Gasteiger partial charge < -0.3 is 17.5 Å². The minimum absolute atomic E-state index is 0. The fourth-order valence-electron chi connectivity index (χ4n) is 0. The van der Waals surface area contributed by atoms with Gasteiger partial charge in [0.1, 0.15) is 0 Å². The molecule has 0 N–H and O–H groups in total. The van der Waals surface area contributed by atoms with E-state index in [0.29, 0.717) is 0 Å². The Kier molecular flexibility index (Phi) is 41.8. The molecule has 0 unspecified atom stereocenters. The van der Waals surface area contributed by atoms with Crippen LogP contribution in [-0.4, -0.2) is 44.3 Å². The molecule has 1 nitrogen and oxygen atoms in total. The molecule has 0 aromatic rings. The zero-order chi connectivity index (χ0) is 3.41. The van der Waals surface area contributed by atoms with Crippen LogP contribution in [-0.2, 0) is 0 Å². The molecule has 0 rings (SSSR count). The van der Waals surface area contributed by atoms with E-state index in [1.165, 1.54) is 0 Å². The Morgan fingerprint density at radius 1 is 1.50 bits per heavy atom. The molecule has 0 aliphatic carbocycles. The molecule has 0 heterocycles. The van der Waals surface area contributed by atoms with E-state index in [-0.39, 0.29) is 56.8 Å². The van der Waals surface area contributed by atoms with Crippen LogP contribution in [0.15, 0.2) is 0 Å². The Labute approximate surface area is 74.5 Å². The number of hydrogen-bond donors (Lipinski definition) is 0. The summed E-state index contributed by atoms with van der Waals surface area (Å²) in [6.45, 7) is 1.94. The zero-order valence-electron chi connectivity index (χ0n) is 3.91. The van der Waals surface area contributed by atoms with Crippen LogP contribution in [0.3, 0.4) is 0 Å². The maximum atomic E-state index is 9.30. The molecule has 0 aliphatic heterocycles. The molecule has 0 radical (unpaired) electrons. The van der Waals surface area contributed by atoms with Crippen molar-refractivity contribution in [3.63, 3.8) is 0 Å². The molecule has 0 amide bonds. The first-order chi connectivity index (χ1) is 1.91. The third kappa shape index (κ3) is 17.8. The third-order valence-electron chi connectivity index (χ3n) is 0.204. The van der Waals surface area contributed by atoms with E-state index in [1.54, 1.807) is 0 Å². The molecule has 0 saturated carbocycles. The molecule has 0 bridgehead atoms. The summed E-state index contributed by atoms with van der Waals surface area (Å²) in [7, 11) is 0. The van der Waals surface area contributed by atoms with E-state index in [9.17, 15) is 5.11 Å². The smallest absolute Gasteiger partial charge is 1.00 e. The van der Waals surface area contributed by atoms with Gasteiger partial charge in [-0.2, -0.15) is 0 Å². The summed E-state index contributed by atoms with van der Waals surface area (Å²) in [5, 5.41) is 9.30. The van der Waals surface area contributed by atoms with Gasteiger partial charge in [-0.25, -0.2) is 0 Å². The van der Waals surface area contributed by atoms with Gasteiger partial charge in [0, 0.05) is 0 Å². The second-order valence-electron chi connectivity index (χ2n) is 0.704. The van der Waals surface area contributed by atoms with Crippen LogP contribution in [0.5, 0.6) is 0 Å². The summed E-state index contributed by atoms with van der Waals surface area (Å²) in [6.07, 6.45) is 0.764. The van der Waals surface area contributed by atoms with Gasteiger partial charge in [0.05, 0.1) is 0 Å². The number of hydrogen-bond acceptors (Lipinski definition) is 1. The van der Waals surface area contributed by atoms with E-state index in [1.807, 2.05) is 6.92 Å². The minimum Gasteiger partial charge on any atom is -1.00 e. The fourth-order valence-corrected chi connectivity index (χ4v) is 0. The van der Waals surface area contributed by atoms with Crippen molar-refractivity contribution >= 4 is 37.7 Å². The third-order valence-corrected chi connectivity index (χ3v) is 0.204. The fraction of sp³-hybridized carbons (Fsp3) is 1.00. The monoisotopic (exact) mass is 134 g/mol. The normalized spacial score (nSPS) is 5.00. The molecule has 3 heteroatoms. The first-order valence-electron chi connectivity index (χ1n) is 1.50. The van der Waals surface area contributed by atoms with Gasteiger partial charge in [0.25, 0.3) is 0 Å². The van der Waals surface area contributed by atoms with E-state index < -0.39 is 0 Å². The first-order valence-corrected chi connectivity index (χ1v) is 1.50. The largest absolute Gasteiger partial charge is 2.00 e. The van der Waals surface area contributed by atoms with Crippen LogP contribution in [0.1, 0.15) is 13.3 Å². The molecule has 0 atom stereocenters. The summed E-state index contributed by atoms with van der Waals surface area (Å²) >= 11 is 0. The molecule has 0 aromatic carbocycles. The topological polar surface area (TPSA) is 23.1 Å². The predicted molar refractivity (Wildman–Crippen MR) is 20.9 cm³/mol. The first kappa shape index (κ1) is 15.6. The molecule has 34 valence electrons. The molecular formula is C3H7CaClO. The molecule has 6 heavy (non-hydrogen) atoms. The van der Waals surface area contributed by atoms with Crippen LogP contribution in [0.4, 0.5) is 0 Å². The quantitative estimate of drug-likeness (QED) is 0.340. The summed E-state index contributed by atoms with van der Waals surface area (Å²) in [5.41, 5.74) is 0. The SMILES string of the molecule is CCC[O-].[Ca+2].[Cl-]. The molecule has 0 spiro atoms. The van der Waals surface area contributed by atoms with Crippen molar-refractivity contribution in [2.45, 2.75) is 13.3 Å². The second kappa shape index (κ2) is 16.0. The van der Waals surface area contributed by atoms with Crippen LogP contribution in [0, 0.1) is 0 Å². The maximum Gasteiger partial charge on any atom is 2.00 e. The standard InChI is InChI=1S/C3H7O.Ca.ClH/c1-2-3-4;;/h2-3H2,1H3;;1H/q-1;+2;/p-1. The molecule has 0 aliphatic rings. The van der Waals surface area contributed by atoms with E-state index in [4.69, 9.17) is 0 Å². The Morgan fingerprint density at radius 3 is 1.67 bits per heavy atom. The van der Waals surface area contributed by atoms with Crippen LogP contribution in [0.2, 0.25) is 0 Å². The van der Waals surface area contributed by atoms with Gasteiger partial charge >= 0.3 is 37.7 Å². The van der Waals surface area contributed by atoms with Crippen molar-refractivity contribution in [2.75, 3.05) is 6.61 Å². The van der Waals surface area contributed by atoms with Gasteiger partial charge in [-0.1, -0.05) is 13.3 Å². The Hall–Kier alpha value is 1.51. The zero-order valence-corrected chi connectivity index (χ0v) is 6.87. The van der Waals surface area contributed by atoms with E-state index >= 15 is 0 Å². The van der Waals surface area contributed by atoms with Crippen molar-refractivity contribution in [1.82, 2.24) is 0 Å². The predicted octanol–water partition coefficient (Wildman–Crippen LogP) is -3.62. The maximum absolute atomic E-state index is 9.30. The summed E-state index contributed by atoms with van der Waals surface area (Å²) in [4.78, 5) is 0. The second-order valence-corrected chi connectivity index (χ2v) is 0.704. The number of rotatable bonds is 1.